The summed E-state index contributed by atoms with van der Waals surface area (Å²) in [6.45, 7) is 3.30. The second kappa shape index (κ2) is 6.09. The Morgan fingerprint density at radius 1 is 1.50 bits per heavy atom. The number of aryl methyl sites for hydroxylation is 1. The largest absolute Gasteiger partial charge is 0.462 e. The second-order valence-corrected chi connectivity index (χ2v) is 5.00. The molecule has 0 spiro atoms. The number of thiophene rings is 1. The van der Waals surface area contributed by atoms with E-state index in [4.69, 9.17) is 4.74 Å². The third-order valence-electron chi connectivity index (χ3n) is 2.72. The summed E-state index contributed by atoms with van der Waals surface area (Å²) in [4.78, 5) is 16.8. The van der Waals surface area contributed by atoms with E-state index in [0.717, 1.165) is 4.88 Å². The molecular weight excluding hydrogens is 284 g/mol. The summed E-state index contributed by atoms with van der Waals surface area (Å²) in [7, 11) is 0. The van der Waals surface area contributed by atoms with Gasteiger partial charge in [-0.25, -0.2) is 13.6 Å². The van der Waals surface area contributed by atoms with Gasteiger partial charge in [0.15, 0.2) is 0 Å². The molecule has 2 heterocycles. The fraction of sp³-hybridized carbons (Fsp3) is 0.286. The summed E-state index contributed by atoms with van der Waals surface area (Å²) in [6, 6.07) is 4.87. The minimum absolute atomic E-state index is 0.133. The quantitative estimate of drug-likeness (QED) is 0.793. The van der Waals surface area contributed by atoms with E-state index < -0.39 is 12.4 Å². The molecule has 2 aromatic heterocycles. The molecule has 0 fully saturated rings. The van der Waals surface area contributed by atoms with Crippen molar-refractivity contribution in [3.05, 3.63) is 40.4 Å². The molecule has 0 aliphatic rings. The van der Waals surface area contributed by atoms with Crippen molar-refractivity contribution in [1.82, 2.24) is 4.98 Å². The molecule has 0 unspecified atom stereocenters. The normalized spacial score (nSPS) is 10.8. The van der Waals surface area contributed by atoms with Crippen molar-refractivity contribution in [2.45, 2.75) is 20.3 Å². The molecule has 3 nitrogen and oxygen atoms in total. The smallest absolute Gasteiger partial charge is 0.340 e. The minimum atomic E-state index is -2.75. The first-order chi connectivity index (χ1) is 9.54. The highest BCUT2D eigenvalue weighted by molar-refractivity contribution is 7.13. The van der Waals surface area contributed by atoms with Crippen molar-refractivity contribution in [3.63, 3.8) is 0 Å². The highest BCUT2D eigenvalue weighted by Crippen LogP contribution is 2.31. The number of pyridine rings is 1. The maximum absolute atomic E-state index is 13.2. The van der Waals surface area contributed by atoms with Crippen molar-refractivity contribution in [2.24, 2.45) is 0 Å². The number of carbonyl (C=O) groups is 1. The topological polar surface area (TPSA) is 39.2 Å². The van der Waals surface area contributed by atoms with Crippen LogP contribution in [-0.2, 0) is 4.74 Å². The van der Waals surface area contributed by atoms with Crippen LogP contribution in [0.1, 0.15) is 35.0 Å². The average molecular weight is 297 g/mol. The molecule has 106 valence electrons. The molecule has 0 aliphatic heterocycles. The Balaban J connectivity index is 2.56. The number of nitrogens with zero attached hydrogens (tertiary/aromatic N) is 1. The number of rotatable bonds is 4. The number of hydrogen-bond acceptors (Lipinski definition) is 4. The lowest BCUT2D eigenvalue weighted by molar-refractivity contribution is 0.0514. The van der Waals surface area contributed by atoms with Crippen molar-refractivity contribution in [3.8, 4) is 10.6 Å². The molecule has 2 rings (SSSR count). The van der Waals surface area contributed by atoms with Gasteiger partial charge in [0.25, 0.3) is 6.43 Å². The molecule has 0 bridgehead atoms. The Morgan fingerprint density at radius 2 is 2.25 bits per heavy atom. The van der Waals surface area contributed by atoms with E-state index in [9.17, 15) is 13.6 Å². The van der Waals surface area contributed by atoms with Crippen LogP contribution in [0.3, 0.4) is 0 Å². The Labute approximate surface area is 119 Å². The summed E-state index contributed by atoms with van der Waals surface area (Å²) in [5, 5.41) is 1.84. The number of alkyl halides is 2. The average Bonchev–Trinajstić information content (AvgIpc) is 2.91. The summed E-state index contributed by atoms with van der Waals surface area (Å²) in [5.41, 5.74) is 0.229. The van der Waals surface area contributed by atoms with Gasteiger partial charge in [0, 0.05) is 5.56 Å². The zero-order valence-corrected chi connectivity index (χ0v) is 11.8. The van der Waals surface area contributed by atoms with Gasteiger partial charge in [0.05, 0.1) is 28.4 Å². The number of carbonyl (C=O) groups excluding carboxylic acids is 1. The lowest BCUT2D eigenvalue weighted by atomic mass is 10.1. The van der Waals surface area contributed by atoms with Crippen LogP contribution in [0.25, 0.3) is 10.6 Å². The highest BCUT2D eigenvalue weighted by Gasteiger charge is 2.24. The van der Waals surface area contributed by atoms with Gasteiger partial charge in [0.1, 0.15) is 0 Å². The molecule has 0 radical (unpaired) electrons. The van der Waals surface area contributed by atoms with E-state index in [1.54, 1.807) is 13.0 Å². The van der Waals surface area contributed by atoms with Crippen molar-refractivity contribution in [1.29, 1.82) is 0 Å². The van der Waals surface area contributed by atoms with Crippen LogP contribution >= 0.6 is 11.3 Å². The molecular formula is C14H13F2NO2S. The molecule has 2 aromatic rings. The predicted octanol–water partition coefficient (Wildman–Crippen LogP) is 4.23. The molecule has 0 aromatic carbocycles. The third-order valence-corrected chi connectivity index (χ3v) is 3.61. The molecule has 20 heavy (non-hydrogen) atoms. The second-order valence-electron chi connectivity index (χ2n) is 4.06. The molecule has 6 heteroatoms. The van der Waals surface area contributed by atoms with Crippen molar-refractivity contribution in [2.75, 3.05) is 6.61 Å². The zero-order valence-electron chi connectivity index (χ0n) is 11.0. The molecule has 0 aliphatic carbocycles. The summed E-state index contributed by atoms with van der Waals surface area (Å²) in [6.07, 6.45) is -2.75. The number of esters is 1. The first kappa shape index (κ1) is 14.6. The van der Waals surface area contributed by atoms with Crippen molar-refractivity contribution < 1.29 is 18.3 Å². The lowest BCUT2D eigenvalue weighted by Gasteiger charge is -2.12. The number of hydrogen-bond donors (Lipinski definition) is 0. The van der Waals surface area contributed by atoms with Gasteiger partial charge < -0.3 is 4.74 Å². The van der Waals surface area contributed by atoms with E-state index in [0.29, 0.717) is 5.69 Å². The SMILES string of the molecule is CCOC(=O)c1c(C(F)F)cc(-c2cccs2)nc1C. The molecule has 0 N–H and O–H groups in total. The predicted molar refractivity (Wildman–Crippen MR) is 73.2 cm³/mol. The Bertz CT molecular complexity index is 612. The van der Waals surface area contributed by atoms with Crippen LogP contribution in [-0.4, -0.2) is 17.6 Å². The first-order valence-corrected chi connectivity index (χ1v) is 6.93. The van der Waals surface area contributed by atoms with E-state index in [-0.39, 0.29) is 23.4 Å². The standard InChI is InChI=1S/C14H13F2NO2S/c1-3-19-14(18)12-8(2)17-10(7-9(12)13(15)16)11-5-4-6-20-11/h4-7,13H,3H2,1-2H3. The van der Waals surface area contributed by atoms with Gasteiger partial charge in [-0.05, 0) is 31.4 Å². The maximum atomic E-state index is 13.2. The number of ether oxygens (including phenoxy) is 1. The monoisotopic (exact) mass is 297 g/mol. The van der Waals surface area contributed by atoms with Gasteiger partial charge in [-0.1, -0.05) is 6.07 Å². The minimum Gasteiger partial charge on any atom is -0.462 e. The van der Waals surface area contributed by atoms with Crippen LogP contribution < -0.4 is 0 Å². The van der Waals surface area contributed by atoms with Crippen molar-refractivity contribution >= 4 is 17.3 Å². The fourth-order valence-corrected chi connectivity index (χ4v) is 2.57. The van der Waals surface area contributed by atoms with Gasteiger partial charge in [-0.2, -0.15) is 0 Å². The van der Waals surface area contributed by atoms with E-state index in [1.807, 2.05) is 11.4 Å². The Hall–Kier alpha value is -1.82. The van der Waals surface area contributed by atoms with E-state index >= 15 is 0 Å². The molecule has 0 saturated heterocycles. The number of halogens is 2. The Morgan fingerprint density at radius 3 is 2.80 bits per heavy atom. The van der Waals surface area contributed by atoms with Gasteiger partial charge in [-0.15, -0.1) is 11.3 Å². The Kier molecular flexibility index (Phi) is 4.44. The van der Waals surface area contributed by atoms with E-state index in [1.165, 1.54) is 24.3 Å². The molecule has 0 amide bonds. The fourth-order valence-electron chi connectivity index (χ4n) is 1.89. The van der Waals surface area contributed by atoms with Gasteiger partial charge in [0.2, 0.25) is 0 Å². The van der Waals surface area contributed by atoms with Crippen LogP contribution in [0.4, 0.5) is 8.78 Å². The van der Waals surface area contributed by atoms with Gasteiger partial charge in [-0.3, -0.25) is 4.98 Å². The van der Waals surface area contributed by atoms with Crippen LogP contribution in [0, 0.1) is 6.92 Å². The summed E-state index contributed by atoms with van der Waals surface area (Å²) < 4.78 is 31.2. The summed E-state index contributed by atoms with van der Waals surface area (Å²) in [5.74, 6) is -0.759. The van der Waals surface area contributed by atoms with Crippen LogP contribution in [0.15, 0.2) is 23.6 Å². The molecule has 0 saturated carbocycles. The zero-order chi connectivity index (χ0) is 14.7. The third kappa shape index (κ3) is 2.85. The maximum Gasteiger partial charge on any atom is 0.340 e. The molecule has 0 atom stereocenters. The summed E-state index contributed by atoms with van der Waals surface area (Å²) >= 11 is 1.41. The van der Waals surface area contributed by atoms with Gasteiger partial charge >= 0.3 is 5.97 Å². The lowest BCUT2D eigenvalue weighted by Crippen LogP contribution is -2.12. The van der Waals surface area contributed by atoms with E-state index in [2.05, 4.69) is 4.98 Å². The highest BCUT2D eigenvalue weighted by atomic mass is 32.1. The number of aromatic nitrogens is 1. The first-order valence-electron chi connectivity index (χ1n) is 6.05. The van der Waals surface area contributed by atoms with Crippen LogP contribution in [0.5, 0.6) is 0 Å². The van der Waals surface area contributed by atoms with Crippen LogP contribution in [0.2, 0.25) is 0 Å².